The molecule has 2 amide bonds. The van der Waals surface area contributed by atoms with Crippen LogP contribution in [-0.4, -0.2) is 74.0 Å². The van der Waals surface area contributed by atoms with Crippen molar-refractivity contribution in [2.75, 3.05) is 25.0 Å². The van der Waals surface area contributed by atoms with Gasteiger partial charge in [0.2, 0.25) is 5.91 Å². The number of amides is 2. The van der Waals surface area contributed by atoms with Gasteiger partial charge < -0.3 is 21.1 Å². The number of benzene rings is 1. The molecule has 0 atom stereocenters. The molecule has 3 heterocycles. The zero-order chi connectivity index (χ0) is 28.7. The normalized spacial score (nSPS) is 22.1. The maximum Gasteiger partial charge on any atom is 0.343 e. The topological polar surface area (TPSA) is 124 Å². The first kappa shape index (κ1) is 28.0. The maximum atomic E-state index is 12.8. The molecule has 2 fully saturated rings. The van der Waals surface area contributed by atoms with Crippen molar-refractivity contribution in [1.82, 2.24) is 30.3 Å². The smallest absolute Gasteiger partial charge is 0.343 e. The molecule has 0 spiro atoms. The number of aryl methyl sites for hydroxylation is 2. The molecule has 10 heteroatoms. The third-order valence-electron chi connectivity index (χ3n) is 7.95. The highest BCUT2D eigenvalue weighted by atomic mass is 16.3. The Morgan fingerprint density at radius 1 is 1.10 bits per heavy atom. The number of rotatable bonds is 6. The highest BCUT2D eigenvalue weighted by Crippen LogP contribution is 2.39. The Balaban J connectivity index is 1.11. The third-order valence-corrected chi connectivity index (χ3v) is 7.95. The summed E-state index contributed by atoms with van der Waals surface area (Å²) in [6, 6.07) is 9.93. The fraction of sp³-hybridized carbons (Fsp3) is 0.533. The lowest BCUT2D eigenvalue weighted by Crippen LogP contribution is -2.63. The molecule has 0 unspecified atom stereocenters. The molecule has 1 aromatic carbocycles. The average Bonchev–Trinajstić information content (AvgIpc) is 3.22. The summed E-state index contributed by atoms with van der Waals surface area (Å²) < 4.78 is 1.35. The van der Waals surface area contributed by atoms with Crippen LogP contribution in [0.25, 0.3) is 10.9 Å². The molecule has 4 N–H and O–H groups in total. The van der Waals surface area contributed by atoms with E-state index in [4.69, 9.17) is 0 Å². The molecule has 40 heavy (non-hydrogen) atoms. The van der Waals surface area contributed by atoms with Crippen LogP contribution < -0.4 is 16.0 Å². The van der Waals surface area contributed by atoms with E-state index >= 15 is 0 Å². The van der Waals surface area contributed by atoms with E-state index in [-0.39, 0.29) is 24.5 Å². The van der Waals surface area contributed by atoms with Gasteiger partial charge in [-0.3, -0.25) is 14.7 Å². The van der Waals surface area contributed by atoms with Gasteiger partial charge in [0.15, 0.2) is 5.82 Å². The molecule has 1 saturated carbocycles. The van der Waals surface area contributed by atoms with Crippen molar-refractivity contribution in [2.45, 2.75) is 83.5 Å². The highest BCUT2D eigenvalue weighted by Gasteiger charge is 2.40. The van der Waals surface area contributed by atoms with Crippen LogP contribution in [0.2, 0.25) is 0 Å². The fourth-order valence-corrected chi connectivity index (χ4v) is 5.71. The van der Waals surface area contributed by atoms with Gasteiger partial charge in [0, 0.05) is 47.5 Å². The van der Waals surface area contributed by atoms with Crippen molar-refractivity contribution in [3.63, 3.8) is 0 Å². The number of likely N-dealkylation sites (tertiary alicyclic amines) is 1. The van der Waals surface area contributed by atoms with E-state index in [1.54, 1.807) is 6.20 Å². The van der Waals surface area contributed by atoms with E-state index in [0.29, 0.717) is 30.2 Å². The van der Waals surface area contributed by atoms with E-state index < -0.39 is 11.1 Å². The molecule has 5 rings (SSSR count). The number of nitrogens with one attached hydrogen (secondary N) is 3. The second-order valence-corrected chi connectivity index (χ2v) is 12.5. The Kier molecular flexibility index (Phi) is 7.58. The van der Waals surface area contributed by atoms with Crippen LogP contribution in [0.4, 0.5) is 10.6 Å². The number of anilines is 1. The predicted molar refractivity (Wildman–Crippen MR) is 155 cm³/mol. The molecule has 10 nitrogen and oxygen atoms in total. The van der Waals surface area contributed by atoms with E-state index in [0.717, 1.165) is 48.1 Å². The lowest BCUT2D eigenvalue weighted by atomic mass is 9.77. The first-order valence-electron chi connectivity index (χ1n) is 14.1. The van der Waals surface area contributed by atoms with Crippen molar-refractivity contribution in [1.29, 1.82) is 0 Å². The van der Waals surface area contributed by atoms with Gasteiger partial charge in [-0.2, -0.15) is 4.68 Å². The fourth-order valence-electron chi connectivity index (χ4n) is 5.71. The lowest BCUT2D eigenvalue weighted by Gasteiger charge is -2.48. The van der Waals surface area contributed by atoms with Gasteiger partial charge in [-0.15, -0.1) is 5.10 Å². The minimum atomic E-state index is -0.801. The van der Waals surface area contributed by atoms with Crippen molar-refractivity contribution in [2.24, 2.45) is 0 Å². The second kappa shape index (κ2) is 10.8. The summed E-state index contributed by atoms with van der Waals surface area (Å²) in [5, 5.41) is 25.6. The SMILES string of the molecule is Cc1ccc2c(c1)c(NCC(=O)NC1CN(C3CCC(O)(c4ccc(C)nc4)CC3)C1)nn2C(=O)NC(C)(C)C. The molecular formula is C30H41N7O3. The number of pyridine rings is 1. The van der Waals surface area contributed by atoms with Crippen molar-refractivity contribution in [3.05, 3.63) is 53.3 Å². The molecule has 1 saturated heterocycles. The largest absolute Gasteiger partial charge is 0.385 e. The molecule has 214 valence electrons. The zero-order valence-electron chi connectivity index (χ0n) is 24.1. The highest BCUT2D eigenvalue weighted by molar-refractivity contribution is 5.98. The molecule has 1 aliphatic carbocycles. The number of hydrogen-bond acceptors (Lipinski definition) is 7. The van der Waals surface area contributed by atoms with Gasteiger partial charge in [-0.1, -0.05) is 17.7 Å². The van der Waals surface area contributed by atoms with Gasteiger partial charge in [0.1, 0.15) is 0 Å². The van der Waals surface area contributed by atoms with Crippen molar-refractivity contribution < 1.29 is 14.7 Å². The van der Waals surface area contributed by atoms with Gasteiger partial charge >= 0.3 is 6.03 Å². The van der Waals surface area contributed by atoms with Crippen LogP contribution in [0.15, 0.2) is 36.5 Å². The van der Waals surface area contributed by atoms with Crippen LogP contribution in [-0.2, 0) is 10.4 Å². The molecule has 2 aromatic heterocycles. The van der Waals surface area contributed by atoms with Gasteiger partial charge in [-0.25, -0.2) is 4.79 Å². The number of nitrogens with zero attached hydrogens (tertiary/aromatic N) is 4. The van der Waals surface area contributed by atoms with E-state index in [2.05, 4.69) is 30.9 Å². The number of aromatic nitrogens is 3. The van der Waals surface area contributed by atoms with Crippen LogP contribution >= 0.6 is 0 Å². The number of carbonyl (C=O) groups is 2. The summed E-state index contributed by atoms with van der Waals surface area (Å²) in [5.41, 5.74) is 2.38. The first-order chi connectivity index (χ1) is 18.9. The van der Waals surface area contributed by atoms with Crippen molar-refractivity contribution in [3.8, 4) is 0 Å². The standard InChI is InChI=1S/C30H41N7O3/c1-19-6-9-25-24(14-19)27(35-37(25)28(39)34-29(3,4)5)32-16-26(38)33-22-17-36(18-22)23-10-12-30(40,13-11-23)21-8-7-20(2)31-15-21/h6-9,14-15,22-23,40H,10-13,16-18H2,1-5H3,(H,32,35)(H,33,38)(H,34,39). The minimum absolute atomic E-state index is 0.0679. The number of aliphatic hydroxyl groups is 1. The summed E-state index contributed by atoms with van der Waals surface area (Å²) in [7, 11) is 0. The maximum absolute atomic E-state index is 12.8. The minimum Gasteiger partial charge on any atom is -0.385 e. The lowest BCUT2D eigenvalue weighted by molar-refractivity contribution is -0.121. The van der Waals surface area contributed by atoms with Crippen LogP contribution in [0.3, 0.4) is 0 Å². The Labute approximate surface area is 235 Å². The molecule has 0 bridgehead atoms. The second-order valence-electron chi connectivity index (χ2n) is 12.5. The van der Waals surface area contributed by atoms with Crippen LogP contribution in [0, 0.1) is 13.8 Å². The van der Waals surface area contributed by atoms with E-state index in [1.807, 2.05) is 65.0 Å². The summed E-state index contributed by atoms with van der Waals surface area (Å²) in [4.78, 5) is 32.4. The van der Waals surface area contributed by atoms with E-state index in [1.165, 1.54) is 4.68 Å². The molecule has 0 radical (unpaired) electrons. The zero-order valence-corrected chi connectivity index (χ0v) is 24.1. The molecular weight excluding hydrogens is 506 g/mol. The van der Waals surface area contributed by atoms with Gasteiger partial charge in [-0.05, 0) is 78.5 Å². The number of hydrogen-bond donors (Lipinski definition) is 4. The Hall–Kier alpha value is -3.50. The Morgan fingerprint density at radius 3 is 2.48 bits per heavy atom. The average molecular weight is 548 g/mol. The monoisotopic (exact) mass is 547 g/mol. The third kappa shape index (κ3) is 6.13. The summed E-state index contributed by atoms with van der Waals surface area (Å²) in [6.45, 7) is 11.4. The molecule has 3 aromatic rings. The van der Waals surface area contributed by atoms with Gasteiger partial charge in [0.25, 0.3) is 0 Å². The summed E-state index contributed by atoms with van der Waals surface area (Å²) >= 11 is 0. The van der Waals surface area contributed by atoms with Gasteiger partial charge in [0.05, 0.1) is 23.7 Å². The summed E-state index contributed by atoms with van der Waals surface area (Å²) in [5.74, 6) is 0.399. The number of carbonyl (C=O) groups excluding carboxylic acids is 2. The Bertz CT molecular complexity index is 1380. The first-order valence-corrected chi connectivity index (χ1v) is 14.1. The van der Waals surface area contributed by atoms with E-state index in [9.17, 15) is 14.7 Å². The predicted octanol–water partition coefficient (Wildman–Crippen LogP) is 3.45. The summed E-state index contributed by atoms with van der Waals surface area (Å²) in [6.07, 6.45) is 5.07. The Morgan fingerprint density at radius 2 is 1.82 bits per heavy atom. The van der Waals surface area contributed by atoms with Crippen molar-refractivity contribution >= 4 is 28.7 Å². The quantitative estimate of drug-likeness (QED) is 0.373. The van der Waals surface area contributed by atoms with Crippen LogP contribution in [0.1, 0.15) is 63.3 Å². The molecule has 2 aliphatic rings. The molecule has 1 aliphatic heterocycles. The number of fused-ring (bicyclic) bond motifs is 1. The van der Waals surface area contributed by atoms with Crippen LogP contribution in [0.5, 0.6) is 0 Å².